The summed E-state index contributed by atoms with van der Waals surface area (Å²) in [4.78, 5) is 0. The predicted octanol–water partition coefficient (Wildman–Crippen LogP) is 4.81. The minimum atomic E-state index is -1.45. The predicted molar refractivity (Wildman–Crippen MR) is 104 cm³/mol. The van der Waals surface area contributed by atoms with E-state index in [9.17, 15) is 0 Å². The van der Waals surface area contributed by atoms with Crippen LogP contribution in [0.1, 0.15) is 55.4 Å². The molecule has 1 heteroatoms. The van der Waals surface area contributed by atoms with Gasteiger partial charge in [-0.2, -0.15) is 0 Å². The summed E-state index contributed by atoms with van der Waals surface area (Å²) in [6.07, 6.45) is 8.80. The Morgan fingerprint density at radius 2 is 1.57 bits per heavy atom. The Kier molecular flexibility index (Phi) is 7.30. The number of unbranched alkanes of at least 4 members (excludes halogenated alkanes) is 2. The number of hydrogen-bond acceptors (Lipinski definition) is 0. The van der Waals surface area contributed by atoms with Crippen LogP contribution in [0.25, 0.3) is 0 Å². The summed E-state index contributed by atoms with van der Waals surface area (Å²) in [5, 5.41) is 0. The molecule has 0 heterocycles. The summed E-state index contributed by atoms with van der Waals surface area (Å²) in [5.74, 6) is 18.5. The van der Waals surface area contributed by atoms with Gasteiger partial charge in [-0.1, -0.05) is 62.6 Å². The molecule has 0 aromatic heterocycles. The number of terminal acetylenes is 1. The number of hydrogen-bond donors (Lipinski definition) is 0. The third kappa shape index (κ3) is 6.53. The molecule has 1 aromatic rings. The average Bonchev–Trinajstić information content (AvgIpc) is 2.50. The molecule has 0 aliphatic carbocycles. The molecule has 0 nitrogen and oxygen atoms in total. The van der Waals surface area contributed by atoms with Gasteiger partial charge in [-0.15, -0.1) is 17.9 Å². The molecule has 0 bridgehead atoms. The molecule has 0 unspecified atom stereocenters. The topological polar surface area (TPSA) is 0 Å². The smallest absolute Gasteiger partial charge is 0.127 e. The van der Waals surface area contributed by atoms with E-state index in [-0.39, 0.29) is 0 Å². The van der Waals surface area contributed by atoms with Crippen molar-refractivity contribution in [1.82, 2.24) is 0 Å². The standard InChI is InChI=1S/C22H24Si/c1-7-10-11-12-14-21-18-22(15-16-23(4,5)6)20(13-8-2)17-19(21)9-3/h3,17-18H,7,10-11H2,1-2,4-6H3. The highest BCUT2D eigenvalue weighted by Crippen LogP contribution is 2.16. The van der Waals surface area contributed by atoms with Crippen molar-refractivity contribution in [2.24, 2.45) is 0 Å². The highest BCUT2D eigenvalue weighted by Gasteiger charge is 2.09. The van der Waals surface area contributed by atoms with Gasteiger partial charge in [-0.3, -0.25) is 0 Å². The van der Waals surface area contributed by atoms with Crippen molar-refractivity contribution in [1.29, 1.82) is 0 Å². The lowest BCUT2D eigenvalue weighted by Gasteiger charge is -2.06. The Labute approximate surface area is 143 Å². The monoisotopic (exact) mass is 316 g/mol. The van der Waals surface area contributed by atoms with Gasteiger partial charge >= 0.3 is 0 Å². The van der Waals surface area contributed by atoms with Gasteiger partial charge in [0.2, 0.25) is 0 Å². The van der Waals surface area contributed by atoms with Crippen molar-refractivity contribution in [2.45, 2.75) is 52.8 Å². The first-order valence-electron chi connectivity index (χ1n) is 8.00. The van der Waals surface area contributed by atoms with E-state index in [1.54, 1.807) is 0 Å². The number of benzene rings is 1. The molecule has 0 aliphatic heterocycles. The molecule has 0 saturated carbocycles. The Bertz CT molecular complexity index is 779. The molecule has 0 amide bonds. The van der Waals surface area contributed by atoms with E-state index >= 15 is 0 Å². The molecule has 0 saturated heterocycles. The van der Waals surface area contributed by atoms with E-state index < -0.39 is 8.07 Å². The second kappa shape index (κ2) is 8.96. The van der Waals surface area contributed by atoms with Gasteiger partial charge in [-0.25, -0.2) is 0 Å². The van der Waals surface area contributed by atoms with Gasteiger partial charge < -0.3 is 0 Å². The average molecular weight is 317 g/mol. The van der Waals surface area contributed by atoms with Crippen LogP contribution in [0.15, 0.2) is 12.1 Å². The Morgan fingerprint density at radius 1 is 0.957 bits per heavy atom. The first-order chi connectivity index (χ1) is 10.9. The molecule has 0 fully saturated rings. The Morgan fingerprint density at radius 3 is 2.13 bits per heavy atom. The van der Waals surface area contributed by atoms with Gasteiger partial charge in [0.25, 0.3) is 0 Å². The zero-order valence-electron chi connectivity index (χ0n) is 14.9. The van der Waals surface area contributed by atoms with Crippen LogP contribution in [0.2, 0.25) is 19.6 Å². The number of rotatable bonds is 2. The third-order valence-electron chi connectivity index (χ3n) is 3.02. The summed E-state index contributed by atoms with van der Waals surface area (Å²) in [5.41, 5.74) is 6.90. The molecule has 0 aliphatic rings. The zero-order chi connectivity index (χ0) is 17.3. The van der Waals surface area contributed by atoms with Gasteiger partial charge in [0, 0.05) is 28.7 Å². The molecule has 116 valence electrons. The molecule has 23 heavy (non-hydrogen) atoms. The van der Waals surface area contributed by atoms with Gasteiger partial charge in [0.15, 0.2) is 0 Å². The van der Waals surface area contributed by atoms with Crippen LogP contribution >= 0.6 is 0 Å². The lowest BCUT2D eigenvalue weighted by molar-refractivity contribution is 0.828. The van der Waals surface area contributed by atoms with Crippen LogP contribution in [-0.2, 0) is 0 Å². The summed E-state index contributed by atoms with van der Waals surface area (Å²) in [7, 11) is -1.45. The Hall–Kier alpha value is -2.32. The fraction of sp³-hybridized carbons (Fsp3) is 0.364. The van der Waals surface area contributed by atoms with Crippen molar-refractivity contribution < 1.29 is 0 Å². The van der Waals surface area contributed by atoms with Crippen molar-refractivity contribution in [3.8, 4) is 47.5 Å². The van der Waals surface area contributed by atoms with Gasteiger partial charge in [0.05, 0.1) is 0 Å². The summed E-state index contributed by atoms with van der Waals surface area (Å²) >= 11 is 0. The van der Waals surface area contributed by atoms with Crippen molar-refractivity contribution in [3.63, 3.8) is 0 Å². The fourth-order valence-electron chi connectivity index (χ4n) is 1.84. The first-order valence-corrected chi connectivity index (χ1v) is 11.5. The van der Waals surface area contributed by atoms with E-state index in [4.69, 9.17) is 6.42 Å². The zero-order valence-corrected chi connectivity index (χ0v) is 15.9. The van der Waals surface area contributed by atoms with E-state index in [1.807, 2.05) is 19.1 Å². The minimum absolute atomic E-state index is 0.797. The second-order valence-electron chi connectivity index (χ2n) is 6.37. The SMILES string of the molecule is C#Cc1cc(C#CC)c(C#C[Si](C)(C)C)cc1C#CCCCC. The third-order valence-corrected chi connectivity index (χ3v) is 3.90. The maximum absolute atomic E-state index is 5.64. The van der Waals surface area contributed by atoms with E-state index in [2.05, 4.69) is 67.6 Å². The largest absolute Gasteiger partial charge is 0.129 e. The molecule has 0 N–H and O–H groups in total. The molecule has 0 radical (unpaired) electrons. The second-order valence-corrected chi connectivity index (χ2v) is 11.1. The van der Waals surface area contributed by atoms with Crippen molar-refractivity contribution >= 4 is 8.07 Å². The maximum atomic E-state index is 5.64. The molecular formula is C22H24Si. The normalized spacial score (nSPS) is 9.39. The van der Waals surface area contributed by atoms with Crippen LogP contribution in [0.3, 0.4) is 0 Å². The fourth-order valence-corrected chi connectivity index (χ4v) is 2.35. The minimum Gasteiger partial charge on any atom is -0.127 e. The van der Waals surface area contributed by atoms with E-state index in [0.717, 1.165) is 41.5 Å². The van der Waals surface area contributed by atoms with Crippen LogP contribution in [-0.4, -0.2) is 8.07 Å². The van der Waals surface area contributed by atoms with Crippen LogP contribution in [0.5, 0.6) is 0 Å². The van der Waals surface area contributed by atoms with Crippen molar-refractivity contribution in [2.75, 3.05) is 0 Å². The highest BCUT2D eigenvalue weighted by atomic mass is 28.3. The maximum Gasteiger partial charge on any atom is 0.129 e. The van der Waals surface area contributed by atoms with Gasteiger partial charge in [-0.05, 0) is 25.5 Å². The summed E-state index contributed by atoms with van der Waals surface area (Å²) < 4.78 is 0. The highest BCUT2D eigenvalue weighted by molar-refractivity contribution is 6.83. The molecule has 1 rings (SSSR count). The summed E-state index contributed by atoms with van der Waals surface area (Å²) in [6, 6.07) is 3.94. The van der Waals surface area contributed by atoms with E-state index in [1.165, 1.54) is 0 Å². The van der Waals surface area contributed by atoms with Crippen LogP contribution in [0, 0.1) is 47.5 Å². The first kappa shape index (κ1) is 18.7. The summed E-state index contributed by atoms with van der Waals surface area (Å²) in [6.45, 7) is 10.7. The molecule has 0 spiro atoms. The molecule has 1 aromatic carbocycles. The van der Waals surface area contributed by atoms with Gasteiger partial charge in [0.1, 0.15) is 8.07 Å². The van der Waals surface area contributed by atoms with Crippen molar-refractivity contribution in [3.05, 3.63) is 34.4 Å². The van der Waals surface area contributed by atoms with Crippen LogP contribution in [0.4, 0.5) is 0 Å². The quantitative estimate of drug-likeness (QED) is 0.417. The van der Waals surface area contributed by atoms with Crippen LogP contribution < -0.4 is 0 Å². The molecule has 0 atom stereocenters. The van der Waals surface area contributed by atoms with E-state index in [0.29, 0.717) is 0 Å². The Balaban J connectivity index is 3.40. The lowest BCUT2D eigenvalue weighted by atomic mass is 9.99. The molecular weight excluding hydrogens is 292 g/mol. The lowest BCUT2D eigenvalue weighted by Crippen LogP contribution is -2.16.